The smallest absolute Gasteiger partial charge is 0.255 e. The van der Waals surface area contributed by atoms with E-state index in [0.29, 0.717) is 25.1 Å². The number of carbonyl (C=O) groups is 3. The quantitative estimate of drug-likeness (QED) is 0.266. The van der Waals surface area contributed by atoms with Crippen LogP contribution in [0.3, 0.4) is 0 Å². The normalized spacial score (nSPS) is 19.2. The summed E-state index contributed by atoms with van der Waals surface area (Å²) < 4.78 is 0. The van der Waals surface area contributed by atoms with Gasteiger partial charge in [-0.05, 0) is 48.4 Å². The molecule has 8 nitrogen and oxygen atoms in total. The second-order valence-electron chi connectivity index (χ2n) is 6.61. The van der Waals surface area contributed by atoms with Crippen molar-refractivity contribution in [3.63, 3.8) is 0 Å². The molecule has 1 N–H and O–H groups in total. The van der Waals surface area contributed by atoms with Gasteiger partial charge in [0.05, 0.1) is 0 Å². The molecule has 0 saturated carbocycles. The average Bonchev–Trinajstić information content (AvgIpc) is 2.96. The standard InChI is InChI=1S/C18H21N5O3/c19-22-20-10-3-1-2-5-12-6-4-7-13-14(12)11-23(18(13)26)15-8-9-16(24)21-17(15)25/h4,6-7,15H,1-3,5,8-11H2,(H,21,24,25). The van der Waals surface area contributed by atoms with E-state index >= 15 is 0 Å². The van der Waals surface area contributed by atoms with Gasteiger partial charge in [0, 0.05) is 30.0 Å². The molecule has 0 spiro atoms. The lowest BCUT2D eigenvalue weighted by Gasteiger charge is -2.29. The lowest BCUT2D eigenvalue weighted by molar-refractivity contribution is -0.136. The Morgan fingerprint density at radius 1 is 1.23 bits per heavy atom. The Balaban J connectivity index is 1.66. The first-order chi connectivity index (χ1) is 12.6. The number of hydrogen-bond acceptors (Lipinski definition) is 4. The summed E-state index contributed by atoms with van der Waals surface area (Å²) in [5.74, 6) is -0.807. The van der Waals surface area contributed by atoms with E-state index in [-0.39, 0.29) is 24.1 Å². The first-order valence-corrected chi connectivity index (χ1v) is 8.88. The molecule has 136 valence electrons. The summed E-state index contributed by atoms with van der Waals surface area (Å²) >= 11 is 0. The molecule has 1 atom stereocenters. The van der Waals surface area contributed by atoms with Gasteiger partial charge in [-0.2, -0.15) is 0 Å². The number of carbonyl (C=O) groups excluding carboxylic acids is 3. The van der Waals surface area contributed by atoms with Gasteiger partial charge in [-0.25, -0.2) is 0 Å². The van der Waals surface area contributed by atoms with Gasteiger partial charge in [-0.15, -0.1) is 0 Å². The number of fused-ring (bicyclic) bond motifs is 1. The fourth-order valence-electron chi connectivity index (χ4n) is 3.60. The van der Waals surface area contributed by atoms with Crippen LogP contribution in [-0.2, 0) is 22.6 Å². The van der Waals surface area contributed by atoms with Gasteiger partial charge in [-0.3, -0.25) is 19.7 Å². The molecule has 3 rings (SSSR count). The molecule has 0 bridgehead atoms. The Bertz CT molecular complexity index is 785. The van der Waals surface area contributed by atoms with Gasteiger partial charge in [0.15, 0.2) is 0 Å². The number of azide groups is 1. The van der Waals surface area contributed by atoms with Crippen molar-refractivity contribution in [2.45, 2.75) is 51.1 Å². The van der Waals surface area contributed by atoms with Crippen molar-refractivity contribution >= 4 is 17.7 Å². The van der Waals surface area contributed by atoms with Crippen LogP contribution in [-0.4, -0.2) is 35.2 Å². The number of nitrogens with zero attached hydrogens (tertiary/aromatic N) is 4. The zero-order valence-electron chi connectivity index (χ0n) is 14.5. The highest BCUT2D eigenvalue weighted by atomic mass is 16.2. The monoisotopic (exact) mass is 355 g/mol. The van der Waals surface area contributed by atoms with Crippen molar-refractivity contribution in [1.29, 1.82) is 0 Å². The van der Waals surface area contributed by atoms with E-state index < -0.39 is 6.04 Å². The predicted molar refractivity (Wildman–Crippen MR) is 94.1 cm³/mol. The maximum Gasteiger partial charge on any atom is 0.255 e. The molecule has 2 heterocycles. The lowest BCUT2D eigenvalue weighted by Crippen LogP contribution is -2.52. The third kappa shape index (κ3) is 3.70. The van der Waals surface area contributed by atoms with Crippen LogP contribution in [0.4, 0.5) is 0 Å². The van der Waals surface area contributed by atoms with Crippen molar-refractivity contribution in [2.24, 2.45) is 5.11 Å². The number of rotatable bonds is 7. The molecule has 3 amide bonds. The van der Waals surface area contributed by atoms with Crippen LogP contribution in [0.5, 0.6) is 0 Å². The molecule has 1 unspecified atom stereocenters. The van der Waals surface area contributed by atoms with E-state index in [9.17, 15) is 14.4 Å². The van der Waals surface area contributed by atoms with E-state index in [2.05, 4.69) is 15.3 Å². The van der Waals surface area contributed by atoms with E-state index in [0.717, 1.165) is 36.8 Å². The number of hydrogen-bond donors (Lipinski definition) is 1. The van der Waals surface area contributed by atoms with Crippen LogP contribution in [0.2, 0.25) is 0 Å². The van der Waals surface area contributed by atoms with Crippen molar-refractivity contribution in [2.75, 3.05) is 6.54 Å². The summed E-state index contributed by atoms with van der Waals surface area (Å²) in [4.78, 5) is 40.5. The summed E-state index contributed by atoms with van der Waals surface area (Å²) in [6.45, 7) is 0.917. The molecule has 1 aromatic carbocycles. The molecule has 1 aromatic rings. The summed E-state index contributed by atoms with van der Waals surface area (Å²) in [7, 11) is 0. The highest BCUT2D eigenvalue weighted by Gasteiger charge is 2.39. The number of amides is 3. The summed E-state index contributed by atoms with van der Waals surface area (Å²) in [6.07, 6.45) is 4.22. The lowest BCUT2D eigenvalue weighted by atomic mass is 9.98. The van der Waals surface area contributed by atoms with Crippen LogP contribution >= 0.6 is 0 Å². The van der Waals surface area contributed by atoms with Gasteiger partial charge in [0.25, 0.3) is 5.91 Å². The molecular formula is C18H21N5O3. The maximum absolute atomic E-state index is 12.7. The number of imide groups is 1. The van der Waals surface area contributed by atoms with E-state index in [1.54, 1.807) is 11.0 Å². The van der Waals surface area contributed by atoms with Gasteiger partial charge in [-0.1, -0.05) is 23.7 Å². The van der Waals surface area contributed by atoms with Gasteiger partial charge in [0.2, 0.25) is 11.8 Å². The number of unbranched alkanes of at least 4 members (excludes halogenated alkanes) is 2. The van der Waals surface area contributed by atoms with Gasteiger partial charge in [0.1, 0.15) is 6.04 Å². The van der Waals surface area contributed by atoms with Crippen molar-refractivity contribution < 1.29 is 14.4 Å². The van der Waals surface area contributed by atoms with Crippen LogP contribution in [0.25, 0.3) is 10.4 Å². The summed E-state index contributed by atoms with van der Waals surface area (Å²) in [6, 6.07) is 5.12. The number of nitrogens with one attached hydrogen (secondary N) is 1. The van der Waals surface area contributed by atoms with E-state index in [4.69, 9.17) is 5.53 Å². The summed E-state index contributed by atoms with van der Waals surface area (Å²) in [5.41, 5.74) is 11.0. The molecule has 1 saturated heterocycles. The molecule has 1 fully saturated rings. The van der Waals surface area contributed by atoms with E-state index in [1.807, 2.05) is 12.1 Å². The minimum absolute atomic E-state index is 0.139. The molecule has 0 radical (unpaired) electrons. The van der Waals surface area contributed by atoms with Crippen molar-refractivity contribution in [3.8, 4) is 0 Å². The Kier molecular flexibility index (Phi) is 5.53. The topological polar surface area (TPSA) is 115 Å². The molecule has 0 aromatic heterocycles. The predicted octanol–water partition coefficient (Wildman–Crippen LogP) is 2.47. The molecule has 2 aliphatic rings. The maximum atomic E-state index is 12.7. The average molecular weight is 355 g/mol. The number of aryl methyl sites for hydroxylation is 1. The Morgan fingerprint density at radius 3 is 2.85 bits per heavy atom. The van der Waals surface area contributed by atoms with Crippen LogP contribution in [0.1, 0.15) is 53.6 Å². The largest absolute Gasteiger partial charge is 0.322 e. The fourth-order valence-corrected chi connectivity index (χ4v) is 3.60. The van der Waals surface area contributed by atoms with E-state index in [1.165, 1.54) is 0 Å². The highest BCUT2D eigenvalue weighted by molar-refractivity contribution is 6.05. The first-order valence-electron chi connectivity index (χ1n) is 8.88. The number of piperidine rings is 1. The zero-order chi connectivity index (χ0) is 18.5. The Labute approximate surface area is 151 Å². The Morgan fingerprint density at radius 2 is 2.08 bits per heavy atom. The van der Waals surface area contributed by atoms with Crippen LogP contribution in [0, 0.1) is 0 Å². The third-order valence-electron chi connectivity index (χ3n) is 4.95. The van der Waals surface area contributed by atoms with Gasteiger partial charge >= 0.3 is 0 Å². The van der Waals surface area contributed by atoms with Crippen molar-refractivity contribution in [3.05, 3.63) is 45.3 Å². The van der Waals surface area contributed by atoms with Crippen LogP contribution in [0.15, 0.2) is 23.3 Å². The molecular weight excluding hydrogens is 334 g/mol. The molecule has 2 aliphatic heterocycles. The molecule has 8 heteroatoms. The molecule has 26 heavy (non-hydrogen) atoms. The van der Waals surface area contributed by atoms with Crippen LogP contribution < -0.4 is 5.32 Å². The Hall–Kier alpha value is -2.86. The summed E-state index contributed by atoms with van der Waals surface area (Å²) in [5, 5.41) is 5.85. The fraction of sp³-hybridized carbons (Fsp3) is 0.500. The van der Waals surface area contributed by atoms with Gasteiger partial charge < -0.3 is 4.90 Å². The second kappa shape index (κ2) is 8.01. The highest BCUT2D eigenvalue weighted by Crippen LogP contribution is 2.30. The van der Waals surface area contributed by atoms with Crippen molar-refractivity contribution in [1.82, 2.24) is 10.2 Å². The minimum atomic E-state index is -0.579. The zero-order valence-corrected chi connectivity index (χ0v) is 14.5. The third-order valence-corrected chi connectivity index (χ3v) is 4.95. The minimum Gasteiger partial charge on any atom is -0.322 e. The second-order valence-corrected chi connectivity index (χ2v) is 6.61. The first kappa shape index (κ1) is 17.9. The number of benzene rings is 1. The SMILES string of the molecule is [N-]=[N+]=NCCCCCc1cccc2c1CN(C1CCC(=O)NC1=O)C2=O. The molecule has 0 aliphatic carbocycles.